The number of benzene rings is 2. The number of rotatable bonds is 8. The van der Waals surface area contributed by atoms with Gasteiger partial charge in [0.25, 0.3) is 0 Å². The second-order valence-corrected chi connectivity index (χ2v) is 7.24. The van der Waals surface area contributed by atoms with E-state index in [9.17, 15) is 14.0 Å². The van der Waals surface area contributed by atoms with E-state index in [-0.39, 0.29) is 30.5 Å². The Labute approximate surface area is 166 Å². The first-order valence-electron chi connectivity index (χ1n) is 8.63. The van der Waals surface area contributed by atoms with Crippen molar-refractivity contribution < 1.29 is 14.0 Å². The van der Waals surface area contributed by atoms with Crippen LogP contribution in [-0.2, 0) is 22.4 Å². The van der Waals surface area contributed by atoms with Gasteiger partial charge in [0.05, 0.1) is 0 Å². The van der Waals surface area contributed by atoms with Crippen molar-refractivity contribution in [2.45, 2.75) is 31.3 Å². The van der Waals surface area contributed by atoms with E-state index < -0.39 is 12.1 Å². The van der Waals surface area contributed by atoms with Gasteiger partial charge in [-0.2, -0.15) is 0 Å². The van der Waals surface area contributed by atoms with Crippen LogP contribution < -0.4 is 16.4 Å². The number of nitrogens with two attached hydrogens (primary N) is 1. The van der Waals surface area contributed by atoms with Crippen LogP contribution in [0.1, 0.15) is 17.5 Å². The van der Waals surface area contributed by atoms with Crippen molar-refractivity contribution >= 4 is 27.7 Å². The molecular weight excluding hydrogens is 413 g/mol. The van der Waals surface area contributed by atoms with E-state index in [1.807, 2.05) is 24.3 Å². The molecule has 4 N–H and O–H groups in total. The van der Waals surface area contributed by atoms with E-state index in [1.54, 1.807) is 18.2 Å². The Bertz CT molecular complexity index is 783. The van der Waals surface area contributed by atoms with Gasteiger partial charge in [-0.3, -0.25) is 9.59 Å². The zero-order valence-corrected chi connectivity index (χ0v) is 16.6. The molecule has 2 rings (SSSR count). The number of likely N-dealkylation sites (N-methyl/N-ethyl adjacent to an activating group) is 1. The third kappa shape index (κ3) is 6.77. The van der Waals surface area contributed by atoms with Gasteiger partial charge in [-0.1, -0.05) is 46.3 Å². The van der Waals surface area contributed by atoms with Gasteiger partial charge in [-0.25, -0.2) is 4.39 Å². The Morgan fingerprint density at radius 3 is 2.41 bits per heavy atom. The highest BCUT2D eigenvalue weighted by Crippen LogP contribution is 2.13. The third-order valence-electron chi connectivity index (χ3n) is 4.14. The van der Waals surface area contributed by atoms with Crippen LogP contribution >= 0.6 is 15.9 Å². The van der Waals surface area contributed by atoms with Crippen molar-refractivity contribution in [3.05, 3.63) is 69.9 Å². The molecule has 2 aromatic carbocycles. The maximum absolute atomic E-state index is 13.7. The number of halogens is 2. The number of carbonyl (C=O) groups is 2. The summed E-state index contributed by atoms with van der Waals surface area (Å²) in [7, 11) is 1.52. The van der Waals surface area contributed by atoms with E-state index in [0.29, 0.717) is 12.0 Å². The van der Waals surface area contributed by atoms with Crippen molar-refractivity contribution in [2.24, 2.45) is 5.73 Å². The van der Waals surface area contributed by atoms with Gasteiger partial charge in [-0.15, -0.1) is 0 Å². The van der Waals surface area contributed by atoms with Crippen LogP contribution in [0, 0.1) is 5.82 Å². The second kappa shape index (κ2) is 10.2. The van der Waals surface area contributed by atoms with Gasteiger partial charge in [-0.05, 0) is 35.7 Å². The molecule has 0 saturated carbocycles. The van der Waals surface area contributed by atoms with Crippen LogP contribution in [0.5, 0.6) is 0 Å². The summed E-state index contributed by atoms with van der Waals surface area (Å²) in [5.41, 5.74) is 7.38. The van der Waals surface area contributed by atoms with Gasteiger partial charge >= 0.3 is 0 Å². The van der Waals surface area contributed by atoms with E-state index in [0.717, 1.165) is 10.0 Å². The third-order valence-corrected chi connectivity index (χ3v) is 4.67. The monoisotopic (exact) mass is 435 g/mol. The summed E-state index contributed by atoms with van der Waals surface area (Å²) in [6.45, 7) is 0. The van der Waals surface area contributed by atoms with Gasteiger partial charge in [0.1, 0.15) is 11.9 Å². The van der Waals surface area contributed by atoms with Crippen molar-refractivity contribution in [1.29, 1.82) is 0 Å². The molecule has 0 aromatic heterocycles. The molecule has 0 saturated heterocycles. The molecular formula is C20H23BrFN3O2. The molecule has 0 fully saturated rings. The Hall–Kier alpha value is -2.25. The summed E-state index contributed by atoms with van der Waals surface area (Å²) in [4.78, 5) is 24.5. The van der Waals surface area contributed by atoms with Gasteiger partial charge in [0.15, 0.2) is 0 Å². The van der Waals surface area contributed by atoms with Gasteiger partial charge < -0.3 is 16.4 Å². The Balaban J connectivity index is 1.95. The Morgan fingerprint density at radius 2 is 1.78 bits per heavy atom. The van der Waals surface area contributed by atoms with Crippen LogP contribution in [0.2, 0.25) is 0 Å². The number of hydrogen-bond donors (Lipinski definition) is 3. The second-order valence-electron chi connectivity index (χ2n) is 6.32. The zero-order chi connectivity index (χ0) is 19.8. The molecule has 144 valence electrons. The van der Waals surface area contributed by atoms with Crippen LogP contribution in [0.15, 0.2) is 53.0 Å². The maximum atomic E-state index is 13.7. The quantitative estimate of drug-likeness (QED) is 0.594. The zero-order valence-electron chi connectivity index (χ0n) is 15.0. The largest absolute Gasteiger partial charge is 0.357 e. The number of amides is 2. The predicted octanol–water partition coefficient (Wildman–Crippen LogP) is 2.32. The molecule has 5 nitrogen and oxygen atoms in total. The van der Waals surface area contributed by atoms with Crippen LogP contribution in [0.3, 0.4) is 0 Å². The molecule has 0 heterocycles. The standard InChI is InChI=1S/C20H23BrFN3O2/c1-24-20(27)18(10-13-6-8-15(21)9-7-13)25-19(26)12-16(23)11-14-4-2-3-5-17(14)22/h2-9,16,18H,10-12,23H2,1H3,(H,24,27)(H,25,26)/t16-,18-/m1/s1. The lowest BCUT2D eigenvalue weighted by molar-refractivity contribution is -0.128. The normalized spacial score (nSPS) is 12.9. The van der Waals surface area contributed by atoms with Crippen molar-refractivity contribution in [2.75, 3.05) is 7.05 Å². The summed E-state index contributed by atoms with van der Waals surface area (Å²) in [6, 6.07) is 12.6. The minimum Gasteiger partial charge on any atom is -0.357 e. The van der Waals surface area contributed by atoms with Crippen molar-refractivity contribution in [3.63, 3.8) is 0 Å². The van der Waals surface area contributed by atoms with Crippen molar-refractivity contribution in [3.8, 4) is 0 Å². The average Bonchev–Trinajstić information content (AvgIpc) is 2.64. The fraction of sp³-hybridized carbons (Fsp3) is 0.300. The summed E-state index contributed by atoms with van der Waals surface area (Å²) in [5, 5.41) is 5.28. The SMILES string of the molecule is CNC(=O)[C@@H](Cc1ccc(Br)cc1)NC(=O)C[C@H](N)Cc1ccccc1F. The highest BCUT2D eigenvalue weighted by Gasteiger charge is 2.21. The Kier molecular flexibility index (Phi) is 7.94. The fourth-order valence-electron chi connectivity index (χ4n) is 2.75. The fourth-order valence-corrected chi connectivity index (χ4v) is 3.01. The molecule has 0 aliphatic rings. The first-order chi connectivity index (χ1) is 12.9. The van der Waals surface area contributed by atoms with E-state index >= 15 is 0 Å². The minimum absolute atomic E-state index is 0.00215. The number of carbonyl (C=O) groups excluding carboxylic acids is 2. The lowest BCUT2D eigenvalue weighted by Crippen LogP contribution is -2.48. The maximum Gasteiger partial charge on any atom is 0.242 e. The molecule has 7 heteroatoms. The first-order valence-corrected chi connectivity index (χ1v) is 9.42. The molecule has 0 aliphatic carbocycles. The molecule has 0 bridgehead atoms. The smallest absolute Gasteiger partial charge is 0.242 e. The molecule has 27 heavy (non-hydrogen) atoms. The molecule has 0 aliphatic heterocycles. The number of hydrogen-bond acceptors (Lipinski definition) is 3. The highest BCUT2D eigenvalue weighted by molar-refractivity contribution is 9.10. The van der Waals surface area contributed by atoms with E-state index in [2.05, 4.69) is 26.6 Å². The lowest BCUT2D eigenvalue weighted by Gasteiger charge is -2.19. The van der Waals surface area contributed by atoms with E-state index in [1.165, 1.54) is 13.1 Å². The predicted molar refractivity (Wildman–Crippen MR) is 107 cm³/mol. The molecule has 0 unspecified atom stereocenters. The molecule has 2 amide bonds. The Morgan fingerprint density at radius 1 is 1.11 bits per heavy atom. The van der Waals surface area contributed by atoms with Crippen molar-refractivity contribution in [1.82, 2.24) is 10.6 Å². The van der Waals surface area contributed by atoms with Crippen LogP contribution in [-0.4, -0.2) is 30.9 Å². The summed E-state index contributed by atoms with van der Waals surface area (Å²) in [6.07, 6.45) is 0.612. The molecule has 0 spiro atoms. The molecule has 2 atom stereocenters. The minimum atomic E-state index is -0.704. The first kappa shape index (κ1) is 21.1. The summed E-state index contributed by atoms with van der Waals surface area (Å²) < 4.78 is 14.6. The lowest BCUT2D eigenvalue weighted by atomic mass is 10.0. The molecule has 2 aromatic rings. The van der Waals surface area contributed by atoms with E-state index in [4.69, 9.17) is 5.73 Å². The average molecular weight is 436 g/mol. The highest BCUT2D eigenvalue weighted by atomic mass is 79.9. The van der Waals surface area contributed by atoms with Crippen LogP contribution in [0.25, 0.3) is 0 Å². The summed E-state index contributed by atoms with van der Waals surface area (Å²) >= 11 is 3.36. The summed E-state index contributed by atoms with van der Waals surface area (Å²) in [5.74, 6) is -0.967. The molecule has 0 radical (unpaired) electrons. The topological polar surface area (TPSA) is 84.2 Å². The number of nitrogens with one attached hydrogen (secondary N) is 2. The van der Waals surface area contributed by atoms with Crippen LogP contribution in [0.4, 0.5) is 4.39 Å². The van der Waals surface area contributed by atoms with Gasteiger partial charge in [0, 0.05) is 30.4 Å². The van der Waals surface area contributed by atoms with Gasteiger partial charge in [0.2, 0.25) is 11.8 Å².